The van der Waals surface area contributed by atoms with Gasteiger partial charge in [-0.15, -0.1) is 0 Å². The number of ether oxygens (including phenoxy) is 1. The number of rotatable bonds is 7. The molecule has 3 heteroatoms. The van der Waals surface area contributed by atoms with E-state index in [1.807, 2.05) is 30.3 Å². The van der Waals surface area contributed by atoms with Gasteiger partial charge in [-0.3, -0.25) is 9.69 Å². The fraction of sp³-hybridized carbons (Fsp3) is 0.235. The molecule has 3 nitrogen and oxygen atoms in total. The zero-order valence-electron chi connectivity index (χ0n) is 11.7. The number of benzene rings is 2. The van der Waals surface area contributed by atoms with Gasteiger partial charge in [-0.2, -0.15) is 0 Å². The van der Waals surface area contributed by atoms with E-state index in [2.05, 4.69) is 24.1 Å². The molecular weight excluding hydrogens is 250 g/mol. The summed E-state index contributed by atoms with van der Waals surface area (Å²) in [4.78, 5) is 12.8. The van der Waals surface area contributed by atoms with E-state index in [4.69, 9.17) is 4.74 Å². The van der Waals surface area contributed by atoms with E-state index in [-0.39, 0.29) is 0 Å². The van der Waals surface area contributed by atoms with Crippen LogP contribution in [0.15, 0.2) is 54.6 Å². The molecule has 0 aliphatic heterocycles. The molecule has 0 aliphatic rings. The quantitative estimate of drug-likeness (QED) is 0.724. The highest BCUT2D eigenvalue weighted by Crippen LogP contribution is 2.11. The number of nitrogens with zero attached hydrogens (tertiary/aromatic N) is 1. The fourth-order valence-corrected chi connectivity index (χ4v) is 1.94. The van der Waals surface area contributed by atoms with Crippen LogP contribution in [0, 0.1) is 0 Å². The van der Waals surface area contributed by atoms with Crippen LogP contribution in [0.4, 0.5) is 0 Å². The third-order valence-electron chi connectivity index (χ3n) is 3.05. The van der Waals surface area contributed by atoms with Crippen LogP contribution in [-0.4, -0.2) is 31.4 Å². The Hall–Kier alpha value is -2.13. The number of hydrogen-bond acceptors (Lipinski definition) is 3. The standard InChI is InChI=1S/C17H19NO2/c1-18(13-15-5-3-2-4-6-15)11-12-20-17-9-7-16(14-19)8-10-17/h2-10,14H,11-13H2,1H3. The molecule has 0 radical (unpaired) electrons. The van der Waals surface area contributed by atoms with Gasteiger partial charge in [-0.05, 0) is 36.9 Å². The van der Waals surface area contributed by atoms with E-state index >= 15 is 0 Å². The topological polar surface area (TPSA) is 29.5 Å². The SMILES string of the molecule is CN(CCOc1ccc(C=O)cc1)Cc1ccccc1. The normalized spacial score (nSPS) is 10.5. The maximum absolute atomic E-state index is 10.5. The predicted molar refractivity (Wildman–Crippen MR) is 80.1 cm³/mol. The lowest BCUT2D eigenvalue weighted by atomic mass is 10.2. The smallest absolute Gasteiger partial charge is 0.150 e. The molecule has 0 amide bonds. The molecule has 0 saturated carbocycles. The Balaban J connectivity index is 1.73. The molecule has 0 atom stereocenters. The van der Waals surface area contributed by atoms with Crippen molar-refractivity contribution in [3.8, 4) is 5.75 Å². The molecule has 104 valence electrons. The summed E-state index contributed by atoms with van der Waals surface area (Å²) in [5.41, 5.74) is 1.96. The maximum Gasteiger partial charge on any atom is 0.150 e. The van der Waals surface area contributed by atoms with Gasteiger partial charge >= 0.3 is 0 Å². The predicted octanol–water partition coefficient (Wildman–Crippen LogP) is 3.01. The lowest BCUT2D eigenvalue weighted by Crippen LogP contribution is -2.23. The van der Waals surface area contributed by atoms with Crippen LogP contribution < -0.4 is 4.74 Å². The summed E-state index contributed by atoms with van der Waals surface area (Å²) in [6.07, 6.45) is 0.831. The van der Waals surface area contributed by atoms with Gasteiger partial charge in [0.05, 0.1) is 0 Å². The van der Waals surface area contributed by atoms with Crippen molar-refractivity contribution in [2.45, 2.75) is 6.54 Å². The van der Waals surface area contributed by atoms with Gasteiger partial charge in [0, 0.05) is 18.7 Å². The second-order valence-electron chi connectivity index (χ2n) is 4.76. The first-order valence-corrected chi connectivity index (χ1v) is 6.68. The van der Waals surface area contributed by atoms with Crippen molar-refractivity contribution in [1.82, 2.24) is 4.90 Å². The molecular formula is C17H19NO2. The molecule has 0 heterocycles. The largest absolute Gasteiger partial charge is 0.492 e. The molecule has 0 saturated heterocycles. The Morgan fingerprint density at radius 2 is 1.75 bits per heavy atom. The van der Waals surface area contributed by atoms with Gasteiger partial charge < -0.3 is 4.74 Å². The molecule has 2 rings (SSSR count). The molecule has 0 N–H and O–H groups in total. The van der Waals surface area contributed by atoms with Crippen molar-refractivity contribution < 1.29 is 9.53 Å². The van der Waals surface area contributed by atoms with E-state index in [9.17, 15) is 4.79 Å². The first-order chi connectivity index (χ1) is 9.78. The van der Waals surface area contributed by atoms with Crippen LogP contribution in [0.3, 0.4) is 0 Å². The van der Waals surface area contributed by atoms with Gasteiger partial charge in [0.15, 0.2) is 0 Å². The van der Waals surface area contributed by atoms with E-state index in [0.717, 1.165) is 25.1 Å². The van der Waals surface area contributed by atoms with E-state index < -0.39 is 0 Å². The monoisotopic (exact) mass is 269 g/mol. The Morgan fingerprint density at radius 1 is 1.05 bits per heavy atom. The highest BCUT2D eigenvalue weighted by Gasteiger charge is 2.01. The van der Waals surface area contributed by atoms with Crippen molar-refractivity contribution in [1.29, 1.82) is 0 Å². The molecule has 0 fully saturated rings. The average molecular weight is 269 g/mol. The molecule has 0 aromatic heterocycles. The highest BCUT2D eigenvalue weighted by atomic mass is 16.5. The Bertz CT molecular complexity index is 522. The summed E-state index contributed by atoms with van der Waals surface area (Å²) in [6, 6.07) is 17.5. The number of carbonyl (C=O) groups excluding carboxylic acids is 1. The minimum absolute atomic E-state index is 0.629. The van der Waals surface area contributed by atoms with Crippen LogP contribution in [-0.2, 0) is 6.54 Å². The van der Waals surface area contributed by atoms with Crippen LogP contribution in [0.2, 0.25) is 0 Å². The summed E-state index contributed by atoms with van der Waals surface area (Å²) in [7, 11) is 2.08. The second-order valence-corrected chi connectivity index (χ2v) is 4.76. The zero-order valence-corrected chi connectivity index (χ0v) is 11.7. The van der Waals surface area contributed by atoms with Crippen LogP contribution in [0.5, 0.6) is 5.75 Å². The van der Waals surface area contributed by atoms with Crippen molar-refractivity contribution in [2.24, 2.45) is 0 Å². The molecule has 0 unspecified atom stereocenters. The van der Waals surface area contributed by atoms with Crippen LogP contribution in [0.1, 0.15) is 15.9 Å². The number of likely N-dealkylation sites (N-methyl/N-ethyl adjacent to an activating group) is 1. The Kier molecular flexibility index (Phi) is 5.33. The molecule has 20 heavy (non-hydrogen) atoms. The van der Waals surface area contributed by atoms with Crippen LogP contribution >= 0.6 is 0 Å². The minimum Gasteiger partial charge on any atom is -0.492 e. The first kappa shape index (κ1) is 14.3. The van der Waals surface area contributed by atoms with Crippen molar-refractivity contribution in [2.75, 3.05) is 20.2 Å². The number of aldehydes is 1. The van der Waals surface area contributed by atoms with E-state index in [0.29, 0.717) is 12.2 Å². The highest BCUT2D eigenvalue weighted by molar-refractivity contribution is 5.74. The van der Waals surface area contributed by atoms with Crippen molar-refractivity contribution in [3.63, 3.8) is 0 Å². The van der Waals surface area contributed by atoms with Crippen molar-refractivity contribution >= 4 is 6.29 Å². The van der Waals surface area contributed by atoms with Gasteiger partial charge in [-0.1, -0.05) is 30.3 Å². The zero-order chi connectivity index (χ0) is 14.2. The molecule has 0 spiro atoms. The Morgan fingerprint density at radius 3 is 2.40 bits per heavy atom. The second kappa shape index (κ2) is 7.46. The average Bonchev–Trinajstić information content (AvgIpc) is 2.49. The van der Waals surface area contributed by atoms with E-state index in [1.54, 1.807) is 12.1 Å². The summed E-state index contributed by atoms with van der Waals surface area (Å²) in [6.45, 7) is 2.39. The first-order valence-electron chi connectivity index (χ1n) is 6.68. The van der Waals surface area contributed by atoms with Crippen LogP contribution in [0.25, 0.3) is 0 Å². The van der Waals surface area contributed by atoms with Gasteiger partial charge in [0.2, 0.25) is 0 Å². The van der Waals surface area contributed by atoms with Crippen molar-refractivity contribution in [3.05, 3.63) is 65.7 Å². The lowest BCUT2D eigenvalue weighted by Gasteiger charge is -2.17. The number of hydrogen-bond donors (Lipinski definition) is 0. The summed E-state index contributed by atoms with van der Waals surface area (Å²) >= 11 is 0. The summed E-state index contributed by atoms with van der Waals surface area (Å²) < 4.78 is 5.66. The lowest BCUT2D eigenvalue weighted by molar-refractivity contribution is 0.112. The molecule has 2 aromatic carbocycles. The third-order valence-corrected chi connectivity index (χ3v) is 3.05. The third kappa shape index (κ3) is 4.52. The molecule has 2 aromatic rings. The fourth-order valence-electron chi connectivity index (χ4n) is 1.94. The number of carbonyl (C=O) groups is 1. The summed E-state index contributed by atoms with van der Waals surface area (Å²) in [5, 5.41) is 0. The minimum atomic E-state index is 0.629. The van der Waals surface area contributed by atoms with E-state index in [1.165, 1.54) is 5.56 Å². The summed E-state index contributed by atoms with van der Waals surface area (Å²) in [5.74, 6) is 0.795. The van der Waals surface area contributed by atoms with Gasteiger partial charge in [-0.25, -0.2) is 0 Å². The van der Waals surface area contributed by atoms with Gasteiger partial charge in [0.25, 0.3) is 0 Å². The molecule has 0 bridgehead atoms. The van der Waals surface area contributed by atoms with Gasteiger partial charge in [0.1, 0.15) is 18.6 Å². The Labute approximate surface area is 119 Å². The maximum atomic E-state index is 10.5. The molecule has 0 aliphatic carbocycles.